The summed E-state index contributed by atoms with van der Waals surface area (Å²) in [6.07, 6.45) is 1.16. The molecule has 0 N–H and O–H groups in total. The van der Waals surface area contributed by atoms with Crippen LogP contribution in [0.5, 0.6) is 0 Å². The van der Waals surface area contributed by atoms with Crippen LogP contribution in [-0.2, 0) is 23.8 Å². The van der Waals surface area contributed by atoms with Crippen LogP contribution in [0.3, 0.4) is 0 Å². The molecule has 0 saturated carbocycles. The molecule has 1 saturated heterocycles. The van der Waals surface area contributed by atoms with Crippen LogP contribution in [0, 0.1) is 11.8 Å². The molecule has 5 heteroatoms. The number of rotatable bonds is 5. The molecule has 1 aliphatic heterocycles. The zero-order chi connectivity index (χ0) is 12.0. The average Bonchev–Trinajstić information content (AvgIpc) is 2.81. The summed E-state index contributed by atoms with van der Waals surface area (Å²) in [6, 6.07) is 0. The highest BCUT2D eigenvalue weighted by Gasteiger charge is 2.28. The molecule has 0 bridgehead atoms. The molecule has 0 amide bonds. The van der Waals surface area contributed by atoms with Crippen molar-refractivity contribution in [2.24, 2.45) is 11.8 Å². The van der Waals surface area contributed by atoms with Gasteiger partial charge >= 0.3 is 11.9 Å². The van der Waals surface area contributed by atoms with Gasteiger partial charge in [-0.1, -0.05) is 13.8 Å². The van der Waals surface area contributed by atoms with E-state index in [1.165, 1.54) is 0 Å². The summed E-state index contributed by atoms with van der Waals surface area (Å²) in [4.78, 5) is 22.3. The standard InChI is InChI=1S/C11H18O5/c1-3-10(12)15-7-16-11(13)8(2)9-4-5-14-6-9/h8-9H,3-7H2,1-2H3. The summed E-state index contributed by atoms with van der Waals surface area (Å²) in [7, 11) is 0. The summed E-state index contributed by atoms with van der Waals surface area (Å²) < 4.78 is 14.7. The number of hydrogen-bond donors (Lipinski definition) is 0. The van der Waals surface area contributed by atoms with Gasteiger partial charge in [0.1, 0.15) is 0 Å². The molecule has 1 heterocycles. The minimum absolute atomic E-state index is 0.206. The minimum Gasteiger partial charge on any atom is -0.428 e. The Morgan fingerprint density at radius 3 is 2.75 bits per heavy atom. The molecule has 5 nitrogen and oxygen atoms in total. The van der Waals surface area contributed by atoms with Crippen LogP contribution >= 0.6 is 0 Å². The van der Waals surface area contributed by atoms with Gasteiger partial charge in [0.2, 0.25) is 6.79 Å². The molecule has 0 aromatic carbocycles. The molecule has 0 radical (unpaired) electrons. The van der Waals surface area contributed by atoms with Gasteiger partial charge in [0.15, 0.2) is 0 Å². The first-order valence-electron chi connectivity index (χ1n) is 5.55. The van der Waals surface area contributed by atoms with Gasteiger partial charge in [-0.05, 0) is 12.3 Å². The van der Waals surface area contributed by atoms with Crippen LogP contribution in [0.4, 0.5) is 0 Å². The lowest BCUT2D eigenvalue weighted by Gasteiger charge is -2.15. The lowest BCUT2D eigenvalue weighted by atomic mass is 9.94. The van der Waals surface area contributed by atoms with Gasteiger partial charge in [0, 0.05) is 13.0 Å². The molecule has 2 atom stereocenters. The summed E-state index contributed by atoms with van der Waals surface area (Å²) in [5.41, 5.74) is 0. The van der Waals surface area contributed by atoms with Gasteiger partial charge in [-0.15, -0.1) is 0 Å². The SMILES string of the molecule is CCC(=O)OCOC(=O)C(C)C1CCOC1. The van der Waals surface area contributed by atoms with Gasteiger partial charge in [0.25, 0.3) is 0 Å². The van der Waals surface area contributed by atoms with E-state index < -0.39 is 0 Å². The third kappa shape index (κ3) is 3.81. The molecule has 2 unspecified atom stereocenters. The molecule has 0 spiro atoms. The molecule has 0 aliphatic carbocycles. The van der Waals surface area contributed by atoms with E-state index in [0.717, 1.165) is 6.42 Å². The summed E-state index contributed by atoms with van der Waals surface area (Å²) in [6.45, 7) is 4.51. The van der Waals surface area contributed by atoms with Crippen LogP contribution in [0.15, 0.2) is 0 Å². The van der Waals surface area contributed by atoms with Crippen LogP contribution in [0.2, 0.25) is 0 Å². The van der Waals surface area contributed by atoms with E-state index in [0.29, 0.717) is 13.2 Å². The number of carbonyl (C=O) groups is 2. The van der Waals surface area contributed by atoms with Crippen molar-refractivity contribution < 1.29 is 23.8 Å². The summed E-state index contributed by atoms with van der Waals surface area (Å²) >= 11 is 0. The average molecular weight is 230 g/mol. The number of esters is 2. The monoisotopic (exact) mass is 230 g/mol. The quantitative estimate of drug-likeness (QED) is 0.523. The second kappa shape index (κ2) is 6.48. The predicted molar refractivity (Wildman–Crippen MR) is 55.4 cm³/mol. The van der Waals surface area contributed by atoms with Crippen molar-refractivity contribution in [1.29, 1.82) is 0 Å². The minimum atomic E-state index is -0.371. The summed E-state index contributed by atoms with van der Waals surface area (Å²) in [5, 5.41) is 0. The number of hydrogen-bond acceptors (Lipinski definition) is 5. The number of carbonyl (C=O) groups excluding carboxylic acids is 2. The molecule has 16 heavy (non-hydrogen) atoms. The topological polar surface area (TPSA) is 61.8 Å². The Kier molecular flexibility index (Phi) is 5.25. The predicted octanol–water partition coefficient (Wildman–Crippen LogP) is 1.11. The van der Waals surface area contributed by atoms with Crippen LogP contribution in [0.1, 0.15) is 26.7 Å². The highest BCUT2D eigenvalue weighted by Crippen LogP contribution is 2.22. The zero-order valence-electron chi connectivity index (χ0n) is 9.73. The molecular weight excluding hydrogens is 212 g/mol. The van der Waals surface area contributed by atoms with Gasteiger partial charge in [-0.2, -0.15) is 0 Å². The first-order valence-corrected chi connectivity index (χ1v) is 5.55. The zero-order valence-corrected chi connectivity index (χ0v) is 9.73. The maximum atomic E-state index is 11.5. The van der Waals surface area contributed by atoms with Crippen LogP contribution in [-0.4, -0.2) is 31.9 Å². The Morgan fingerprint density at radius 2 is 2.19 bits per heavy atom. The molecule has 1 aliphatic rings. The first-order chi connectivity index (χ1) is 7.65. The number of ether oxygens (including phenoxy) is 3. The molecular formula is C11H18O5. The lowest BCUT2D eigenvalue weighted by Crippen LogP contribution is -2.24. The largest absolute Gasteiger partial charge is 0.428 e. The first kappa shape index (κ1) is 13.0. The molecule has 0 aromatic heterocycles. The highest BCUT2D eigenvalue weighted by atomic mass is 16.7. The van der Waals surface area contributed by atoms with Crippen LogP contribution in [0.25, 0.3) is 0 Å². The van der Waals surface area contributed by atoms with Crippen molar-refractivity contribution in [3.05, 3.63) is 0 Å². The second-order valence-corrected chi connectivity index (χ2v) is 3.86. The van der Waals surface area contributed by atoms with Gasteiger partial charge in [0.05, 0.1) is 12.5 Å². The molecule has 1 rings (SSSR count). The Morgan fingerprint density at radius 1 is 1.44 bits per heavy atom. The van der Waals surface area contributed by atoms with E-state index in [1.54, 1.807) is 6.92 Å². The Labute approximate surface area is 95.0 Å². The van der Waals surface area contributed by atoms with Crippen molar-refractivity contribution >= 4 is 11.9 Å². The van der Waals surface area contributed by atoms with Crippen molar-refractivity contribution in [1.82, 2.24) is 0 Å². The third-order valence-corrected chi connectivity index (χ3v) is 2.75. The van der Waals surface area contributed by atoms with Crippen LogP contribution < -0.4 is 0 Å². The van der Waals surface area contributed by atoms with E-state index in [-0.39, 0.29) is 37.0 Å². The lowest BCUT2D eigenvalue weighted by molar-refractivity contribution is -0.170. The maximum Gasteiger partial charge on any atom is 0.311 e. The van der Waals surface area contributed by atoms with E-state index in [4.69, 9.17) is 9.47 Å². The molecule has 92 valence electrons. The van der Waals surface area contributed by atoms with Crippen molar-refractivity contribution in [2.75, 3.05) is 20.0 Å². The fourth-order valence-corrected chi connectivity index (χ4v) is 1.53. The highest BCUT2D eigenvalue weighted by molar-refractivity contribution is 5.73. The molecule has 1 fully saturated rings. The maximum absolute atomic E-state index is 11.5. The van der Waals surface area contributed by atoms with Crippen molar-refractivity contribution in [2.45, 2.75) is 26.7 Å². The van der Waals surface area contributed by atoms with E-state index >= 15 is 0 Å². The third-order valence-electron chi connectivity index (χ3n) is 2.75. The van der Waals surface area contributed by atoms with Gasteiger partial charge < -0.3 is 14.2 Å². The van der Waals surface area contributed by atoms with E-state index in [1.807, 2.05) is 6.92 Å². The van der Waals surface area contributed by atoms with E-state index in [2.05, 4.69) is 4.74 Å². The molecule has 0 aromatic rings. The van der Waals surface area contributed by atoms with Crippen molar-refractivity contribution in [3.8, 4) is 0 Å². The van der Waals surface area contributed by atoms with E-state index in [9.17, 15) is 9.59 Å². The normalized spacial score (nSPS) is 21.5. The van der Waals surface area contributed by atoms with Gasteiger partial charge in [-0.3, -0.25) is 9.59 Å². The summed E-state index contributed by atoms with van der Waals surface area (Å²) in [5.74, 6) is -0.693. The fraction of sp³-hybridized carbons (Fsp3) is 0.818. The smallest absolute Gasteiger partial charge is 0.311 e. The van der Waals surface area contributed by atoms with Gasteiger partial charge in [-0.25, -0.2) is 0 Å². The Hall–Kier alpha value is -1.10. The second-order valence-electron chi connectivity index (χ2n) is 3.86. The Bertz CT molecular complexity index is 245. The van der Waals surface area contributed by atoms with Crippen molar-refractivity contribution in [3.63, 3.8) is 0 Å². The Balaban J connectivity index is 2.20. The fourth-order valence-electron chi connectivity index (χ4n) is 1.53.